The zero-order valence-corrected chi connectivity index (χ0v) is 9.13. The number of nitrogens with two attached hydrogens (primary N) is 1. The van der Waals surface area contributed by atoms with E-state index in [2.05, 4.69) is 4.98 Å². The molecule has 6 heteroatoms. The standard InChI is InChI=1S/C12H9FN2O3/c13-9-5-7(12(16)17)1-3-10(9)18-11-4-2-8(14)6-15-11/h1-6H,14H2,(H,16,17). The number of carbonyl (C=O) groups is 1. The largest absolute Gasteiger partial charge is 0.478 e. The first-order valence-corrected chi connectivity index (χ1v) is 4.98. The smallest absolute Gasteiger partial charge is 0.335 e. The molecule has 18 heavy (non-hydrogen) atoms. The van der Waals surface area contributed by atoms with Crippen molar-refractivity contribution in [2.45, 2.75) is 0 Å². The molecule has 1 aromatic carbocycles. The second-order valence-corrected chi connectivity index (χ2v) is 3.48. The van der Waals surface area contributed by atoms with Crippen molar-refractivity contribution < 1.29 is 19.0 Å². The van der Waals surface area contributed by atoms with Crippen molar-refractivity contribution in [2.75, 3.05) is 5.73 Å². The SMILES string of the molecule is Nc1ccc(Oc2ccc(C(=O)O)cc2F)nc1. The number of nitrogen functional groups attached to an aromatic ring is 1. The first-order valence-electron chi connectivity index (χ1n) is 4.98. The van der Waals surface area contributed by atoms with E-state index in [1.54, 1.807) is 6.07 Å². The predicted octanol–water partition coefficient (Wildman–Crippen LogP) is 2.29. The van der Waals surface area contributed by atoms with E-state index < -0.39 is 11.8 Å². The van der Waals surface area contributed by atoms with Crippen molar-refractivity contribution in [1.82, 2.24) is 4.98 Å². The molecule has 0 radical (unpaired) electrons. The molecule has 0 fully saturated rings. The van der Waals surface area contributed by atoms with E-state index in [-0.39, 0.29) is 17.2 Å². The Hall–Kier alpha value is -2.63. The minimum atomic E-state index is -1.20. The second-order valence-electron chi connectivity index (χ2n) is 3.48. The maximum atomic E-state index is 13.5. The van der Waals surface area contributed by atoms with E-state index in [0.717, 1.165) is 6.07 Å². The average Bonchev–Trinajstić information content (AvgIpc) is 2.34. The van der Waals surface area contributed by atoms with Crippen LogP contribution in [-0.2, 0) is 0 Å². The lowest BCUT2D eigenvalue weighted by Gasteiger charge is -2.06. The average molecular weight is 248 g/mol. The number of aromatic nitrogens is 1. The van der Waals surface area contributed by atoms with Crippen molar-refractivity contribution >= 4 is 11.7 Å². The summed E-state index contributed by atoms with van der Waals surface area (Å²) in [6, 6.07) is 6.41. The molecule has 0 amide bonds. The van der Waals surface area contributed by atoms with Gasteiger partial charge < -0.3 is 15.6 Å². The van der Waals surface area contributed by atoms with Crippen LogP contribution in [0.4, 0.5) is 10.1 Å². The lowest BCUT2D eigenvalue weighted by molar-refractivity contribution is 0.0696. The molecule has 0 aliphatic rings. The number of benzene rings is 1. The molecule has 1 heterocycles. The molecule has 92 valence electrons. The third-order valence-corrected chi connectivity index (χ3v) is 2.15. The number of anilines is 1. The Morgan fingerprint density at radius 2 is 2.11 bits per heavy atom. The first kappa shape index (κ1) is 11.8. The number of halogens is 1. The van der Waals surface area contributed by atoms with Gasteiger partial charge in [0.15, 0.2) is 11.6 Å². The Labute approximate surface area is 102 Å². The van der Waals surface area contributed by atoms with Crippen LogP contribution in [0, 0.1) is 5.82 Å². The van der Waals surface area contributed by atoms with Gasteiger partial charge >= 0.3 is 5.97 Å². The fourth-order valence-electron chi connectivity index (χ4n) is 1.28. The molecule has 0 unspecified atom stereocenters. The van der Waals surface area contributed by atoms with E-state index in [9.17, 15) is 9.18 Å². The predicted molar refractivity (Wildman–Crippen MR) is 62.1 cm³/mol. The van der Waals surface area contributed by atoms with Crippen LogP contribution in [0.25, 0.3) is 0 Å². The van der Waals surface area contributed by atoms with Crippen LogP contribution in [0.3, 0.4) is 0 Å². The summed E-state index contributed by atoms with van der Waals surface area (Å²) in [5.41, 5.74) is 5.76. The molecule has 1 aromatic heterocycles. The monoisotopic (exact) mass is 248 g/mol. The molecule has 3 N–H and O–H groups in total. The summed E-state index contributed by atoms with van der Waals surface area (Å²) in [4.78, 5) is 14.5. The highest BCUT2D eigenvalue weighted by Crippen LogP contribution is 2.24. The number of nitrogens with zero attached hydrogens (tertiary/aromatic N) is 1. The van der Waals surface area contributed by atoms with Gasteiger partial charge in [0.05, 0.1) is 17.4 Å². The molecule has 0 atom stereocenters. The van der Waals surface area contributed by atoms with E-state index in [1.165, 1.54) is 24.4 Å². The third-order valence-electron chi connectivity index (χ3n) is 2.15. The highest BCUT2D eigenvalue weighted by atomic mass is 19.1. The summed E-state index contributed by atoms with van der Waals surface area (Å²) in [6.07, 6.45) is 1.37. The molecule has 0 bridgehead atoms. The van der Waals surface area contributed by atoms with Crippen molar-refractivity contribution in [3.8, 4) is 11.6 Å². The quantitative estimate of drug-likeness (QED) is 0.870. The number of ether oxygens (including phenoxy) is 1. The van der Waals surface area contributed by atoms with E-state index >= 15 is 0 Å². The normalized spacial score (nSPS) is 10.1. The van der Waals surface area contributed by atoms with Gasteiger partial charge in [0.25, 0.3) is 0 Å². The first-order chi connectivity index (χ1) is 8.56. The summed E-state index contributed by atoms with van der Waals surface area (Å²) >= 11 is 0. The molecule has 5 nitrogen and oxygen atoms in total. The fourth-order valence-corrected chi connectivity index (χ4v) is 1.28. The lowest BCUT2D eigenvalue weighted by Crippen LogP contribution is -1.98. The topological polar surface area (TPSA) is 85.4 Å². The van der Waals surface area contributed by atoms with Gasteiger partial charge in [-0.3, -0.25) is 0 Å². The number of hydrogen-bond acceptors (Lipinski definition) is 4. The van der Waals surface area contributed by atoms with Gasteiger partial charge in [-0.05, 0) is 24.3 Å². The summed E-state index contributed by atoms with van der Waals surface area (Å²) in [5, 5.41) is 8.69. The van der Waals surface area contributed by atoms with Crippen molar-refractivity contribution in [2.24, 2.45) is 0 Å². The summed E-state index contributed by atoms with van der Waals surface area (Å²) in [5.74, 6) is -1.90. The van der Waals surface area contributed by atoms with Gasteiger partial charge in [0.1, 0.15) is 0 Å². The van der Waals surface area contributed by atoms with Crippen LogP contribution in [0.5, 0.6) is 11.6 Å². The van der Waals surface area contributed by atoms with Crippen molar-refractivity contribution in [1.29, 1.82) is 0 Å². The maximum Gasteiger partial charge on any atom is 0.335 e. The van der Waals surface area contributed by atoms with Crippen LogP contribution < -0.4 is 10.5 Å². The molecule has 0 spiro atoms. The van der Waals surface area contributed by atoms with Gasteiger partial charge in [-0.1, -0.05) is 0 Å². The number of aromatic carboxylic acids is 1. The van der Waals surface area contributed by atoms with Crippen LogP contribution in [0.15, 0.2) is 36.5 Å². The van der Waals surface area contributed by atoms with Gasteiger partial charge in [-0.2, -0.15) is 0 Å². The Morgan fingerprint density at radius 1 is 1.33 bits per heavy atom. The minimum absolute atomic E-state index is 0.0997. The Kier molecular flexibility index (Phi) is 3.09. The molecular formula is C12H9FN2O3. The van der Waals surface area contributed by atoms with E-state index in [0.29, 0.717) is 5.69 Å². The Balaban J connectivity index is 2.24. The van der Waals surface area contributed by atoms with Crippen LogP contribution in [0.2, 0.25) is 0 Å². The zero-order chi connectivity index (χ0) is 13.1. The zero-order valence-electron chi connectivity index (χ0n) is 9.13. The molecule has 2 rings (SSSR count). The van der Waals surface area contributed by atoms with E-state index in [1.807, 2.05) is 0 Å². The Bertz CT molecular complexity index is 584. The van der Waals surface area contributed by atoms with Crippen molar-refractivity contribution in [3.05, 3.63) is 47.9 Å². The molecule has 0 aliphatic heterocycles. The van der Waals surface area contributed by atoms with Gasteiger partial charge in [-0.15, -0.1) is 0 Å². The molecule has 0 saturated carbocycles. The Morgan fingerprint density at radius 3 is 2.67 bits per heavy atom. The number of rotatable bonds is 3. The molecule has 0 saturated heterocycles. The number of carboxylic acids is 1. The van der Waals surface area contributed by atoms with Gasteiger partial charge in [-0.25, -0.2) is 14.2 Å². The molecule has 2 aromatic rings. The van der Waals surface area contributed by atoms with Gasteiger partial charge in [0.2, 0.25) is 5.88 Å². The summed E-state index contributed by atoms with van der Waals surface area (Å²) in [7, 11) is 0. The van der Waals surface area contributed by atoms with Crippen molar-refractivity contribution in [3.63, 3.8) is 0 Å². The number of pyridine rings is 1. The highest BCUT2D eigenvalue weighted by molar-refractivity contribution is 5.87. The third kappa shape index (κ3) is 2.54. The van der Waals surface area contributed by atoms with Crippen LogP contribution in [-0.4, -0.2) is 16.1 Å². The number of carboxylic acid groups (broad SMARTS) is 1. The highest BCUT2D eigenvalue weighted by Gasteiger charge is 2.10. The van der Waals surface area contributed by atoms with Crippen LogP contribution in [0.1, 0.15) is 10.4 Å². The second kappa shape index (κ2) is 4.70. The van der Waals surface area contributed by atoms with Crippen LogP contribution >= 0.6 is 0 Å². The molecule has 0 aliphatic carbocycles. The van der Waals surface area contributed by atoms with Gasteiger partial charge in [0, 0.05) is 6.07 Å². The molecular weight excluding hydrogens is 239 g/mol. The maximum absolute atomic E-state index is 13.5. The minimum Gasteiger partial charge on any atom is -0.478 e. The fraction of sp³-hybridized carbons (Fsp3) is 0. The summed E-state index contributed by atoms with van der Waals surface area (Å²) < 4.78 is 18.7. The lowest BCUT2D eigenvalue weighted by atomic mass is 10.2. The van der Waals surface area contributed by atoms with E-state index in [4.69, 9.17) is 15.6 Å². The number of hydrogen-bond donors (Lipinski definition) is 2. The summed E-state index contributed by atoms with van der Waals surface area (Å²) in [6.45, 7) is 0.